The maximum atomic E-state index is 11.8. The van der Waals surface area contributed by atoms with E-state index < -0.39 is 24.6 Å². The van der Waals surface area contributed by atoms with Crippen molar-refractivity contribution in [1.82, 2.24) is 5.32 Å². The Bertz CT molecular complexity index is 364. The molecule has 0 aromatic heterocycles. The Balaban J connectivity index is 2.24. The van der Waals surface area contributed by atoms with Gasteiger partial charge in [-0.15, -0.1) is 0 Å². The lowest BCUT2D eigenvalue weighted by Crippen LogP contribution is -2.40. The van der Waals surface area contributed by atoms with Crippen LogP contribution >= 0.6 is 0 Å². The van der Waals surface area contributed by atoms with Crippen molar-refractivity contribution in [3.8, 4) is 0 Å². The number of esters is 1. The molecule has 0 radical (unpaired) electrons. The van der Waals surface area contributed by atoms with E-state index in [4.69, 9.17) is 4.74 Å². The standard InChI is InChI=1S/C12H16F3NO3/c13-12(14,15)11(18)16-7-10(17)19-8-9-5-3-1-2-4-6-9/h5H,1-4,6-8H2,(H,16,18). The molecule has 0 bridgehead atoms. The number of allylic oxidation sites excluding steroid dienone is 1. The number of nitrogens with one attached hydrogen (secondary N) is 1. The second-order valence-electron chi connectivity index (χ2n) is 4.30. The van der Waals surface area contributed by atoms with Crippen LogP contribution in [0.25, 0.3) is 0 Å². The molecule has 1 aliphatic rings. The third-order valence-corrected chi connectivity index (χ3v) is 2.70. The van der Waals surface area contributed by atoms with Gasteiger partial charge in [-0.1, -0.05) is 12.5 Å². The number of rotatable bonds is 4. The van der Waals surface area contributed by atoms with Gasteiger partial charge in [-0.25, -0.2) is 0 Å². The first-order chi connectivity index (χ1) is 8.89. The molecule has 7 heteroatoms. The van der Waals surface area contributed by atoms with E-state index in [2.05, 4.69) is 0 Å². The van der Waals surface area contributed by atoms with Crippen LogP contribution in [0.1, 0.15) is 32.1 Å². The fourth-order valence-corrected chi connectivity index (χ4v) is 1.69. The first kappa shape index (κ1) is 15.5. The summed E-state index contributed by atoms with van der Waals surface area (Å²) in [5.74, 6) is -3.01. The van der Waals surface area contributed by atoms with E-state index in [-0.39, 0.29) is 6.61 Å². The molecule has 0 heterocycles. The maximum absolute atomic E-state index is 11.8. The van der Waals surface area contributed by atoms with Crippen molar-refractivity contribution in [2.75, 3.05) is 13.2 Å². The number of hydrogen-bond donors (Lipinski definition) is 1. The topological polar surface area (TPSA) is 55.4 Å². The van der Waals surface area contributed by atoms with Crippen molar-refractivity contribution >= 4 is 11.9 Å². The number of carbonyl (C=O) groups is 2. The van der Waals surface area contributed by atoms with Gasteiger partial charge in [-0.2, -0.15) is 13.2 Å². The highest BCUT2D eigenvalue weighted by Gasteiger charge is 2.38. The average molecular weight is 279 g/mol. The Morgan fingerprint density at radius 2 is 2.00 bits per heavy atom. The molecule has 0 aromatic rings. The summed E-state index contributed by atoms with van der Waals surface area (Å²) in [5, 5.41) is 1.46. The van der Waals surface area contributed by atoms with Gasteiger partial charge in [0.2, 0.25) is 0 Å². The predicted octanol–water partition coefficient (Wildman–Crippen LogP) is 2.10. The largest absolute Gasteiger partial charge is 0.471 e. The van der Waals surface area contributed by atoms with Crippen molar-refractivity contribution in [2.45, 2.75) is 38.3 Å². The van der Waals surface area contributed by atoms with Crippen molar-refractivity contribution in [1.29, 1.82) is 0 Å². The molecule has 0 saturated heterocycles. The number of carbonyl (C=O) groups excluding carboxylic acids is 2. The van der Waals surface area contributed by atoms with Crippen molar-refractivity contribution in [3.05, 3.63) is 11.6 Å². The van der Waals surface area contributed by atoms with Crippen LogP contribution in [0.5, 0.6) is 0 Å². The SMILES string of the molecule is O=C(CNC(=O)C(F)(F)F)OCC1=CCCCCC1. The predicted molar refractivity (Wildman–Crippen MR) is 61.2 cm³/mol. The van der Waals surface area contributed by atoms with Gasteiger partial charge in [0.15, 0.2) is 0 Å². The van der Waals surface area contributed by atoms with E-state index in [1.165, 1.54) is 5.32 Å². The van der Waals surface area contributed by atoms with E-state index in [0.29, 0.717) is 0 Å². The number of amides is 1. The molecule has 108 valence electrons. The lowest BCUT2D eigenvalue weighted by atomic mass is 10.1. The van der Waals surface area contributed by atoms with Crippen molar-refractivity contribution in [2.24, 2.45) is 0 Å². The highest BCUT2D eigenvalue weighted by molar-refractivity contribution is 5.85. The average Bonchev–Trinajstić information content (AvgIpc) is 2.60. The van der Waals surface area contributed by atoms with Crippen LogP contribution in [-0.4, -0.2) is 31.2 Å². The van der Waals surface area contributed by atoms with E-state index in [0.717, 1.165) is 37.7 Å². The van der Waals surface area contributed by atoms with Crippen LogP contribution in [-0.2, 0) is 14.3 Å². The monoisotopic (exact) mass is 279 g/mol. The quantitative estimate of drug-likeness (QED) is 0.633. The van der Waals surface area contributed by atoms with Crippen molar-refractivity contribution in [3.63, 3.8) is 0 Å². The Hall–Kier alpha value is -1.53. The van der Waals surface area contributed by atoms with Gasteiger partial charge in [-0.05, 0) is 31.3 Å². The lowest BCUT2D eigenvalue weighted by Gasteiger charge is -2.09. The zero-order chi connectivity index (χ0) is 14.3. The summed E-state index contributed by atoms with van der Waals surface area (Å²) in [5.41, 5.74) is 0.980. The van der Waals surface area contributed by atoms with Crippen LogP contribution in [0.3, 0.4) is 0 Å². The second-order valence-corrected chi connectivity index (χ2v) is 4.30. The molecule has 0 aromatic carbocycles. The number of hydrogen-bond acceptors (Lipinski definition) is 3. The fourth-order valence-electron chi connectivity index (χ4n) is 1.69. The summed E-state index contributed by atoms with van der Waals surface area (Å²) in [6.07, 6.45) is 2.02. The Morgan fingerprint density at radius 1 is 1.26 bits per heavy atom. The molecule has 0 unspecified atom stereocenters. The summed E-state index contributed by atoms with van der Waals surface area (Å²) in [6, 6.07) is 0. The van der Waals surface area contributed by atoms with E-state index in [9.17, 15) is 22.8 Å². The van der Waals surface area contributed by atoms with Gasteiger partial charge >= 0.3 is 18.1 Å². The molecule has 19 heavy (non-hydrogen) atoms. The number of alkyl halides is 3. The first-order valence-corrected chi connectivity index (χ1v) is 6.08. The summed E-state index contributed by atoms with van der Waals surface area (Å²) < 4.78 is 40.4. The zero-order valence-corrected chi connectivity index (χ0v) is 10.4. The van der Waals surface area contributed by atoms with Crippen molar-refractivity contribution < 1.29 is 27.5 Å². The summed E-state index contributed by atoms with van der Waals surface area (Å²) in [4.78, 5) is 21.6. The Kier molecular flexibility index (Phi) is 5.85. The molecule has 1 N–H and O–H groups in total. The van der Waals surface area contributed by atoms with E-state index in [1.807, 2.05) is 6.08 Å². The second kappa shape index (κ2) is 7.16. The third-order valence-electron chi connectivity index (χ3n) is 2.70. The molecule has 0 saturated carbocycles. The molecule has 0 fully saturated rings. The molecular weight excluding hydrogens is 263 g/mol. The van der Waals surface area contributed by atoms with Gasteiger partial charge < -0.3 is 10.1 Å². The van der Waals surface area contributed by atoms with Crippen LogP contribution in [0.2, 0.25) is 0 Å². The molecule has 1 rings (SSSR count). The maximum Gasteiger partial charge on any atom is 0.471 e. The minimum Gasteiger partial charge on any atom is -0.460 e. The minimum atomic E-state index is -4.98. The van der Waals surface area contributed by atoms with Crippen LogP contribution in [0.15, 0.2) is 11.6 Å². The van der Waals surface area contributed by atoms with E-state index >= 15 is 0 Å². The molecule has 4 nitrogen and oxygen atoms in total. The molecular formula is C12H16F3NO3. The number of ether oxygens (including phenoxy) is 1. The number of halogens is 3. The fraction of sp³-hybridized carbons (Fsp3) is 0.667. The molecule has 0 aliphatic heterocycles. The molecule has 1 amide bonds. The van der Waals surface area contributed by atoms with Crippen LogP contribution in [0, 0.1) is 0 Å². The molecule has 1 aliphatic carbocycles. The Labute approximate surface area is 109 Å². The van der Waals surface area contributed by atoms with Gasteiger partial charge in [-0.3, -0.25) is 9.59 Å². The summed E-state index contributed by atoms with van der Waals surface area (Å²) in [6.45, 7) is -0.688. The van der Waals surface area contributed by atoms with Gasteiger partial charge in [0, 0.05) is 0 Å². The summed E-state index contributed by atoms with van der Waals surface area (Å²) in [7, 11) is 0. The summed E-state index contributed by atoms with van der Waals surface area (Å²) >= 11 is 0. The minimum absolute atomic E-state index is 0.0840. The van der Waals surface area contributed by atoms with Crippen LogP contribution < -0.4 is 5.32 Å². The highest BCUT2D eigenvalue weighted by Crippen LogP contribution is 2.17. The normalized spacial score (nSPS) is 16.3. The van der Waals surface area contributed by atoms with Crippen LogP contribution in [0.4, 0.5) is 13.2 Å². The third kappa shape index (κ3) is 6.26. The van der Waals surface area contributed by atoms with E-state index in [1.54, 1.807) is 0 Å². The Morgan fingerprint density at radius 3 is 2.68 bits per heavy atom. The highest BCUT2D eigenvalue weighted by atomic mass is 19.4. The molecule has 0 spiro atoms. The van der Waals surface area contributed by atoms with Gasteiger partial charge in [0.05, 0.1) is 0 Å². The molecule has 0 atom stereocenters. The first-order valence-electron chi connectivity index (χ1n) is 6.08. The van der Waals surface area contributed by atoms with Gasteiger partial charge in [0.1, 0.15) is 13.2 Å². The lowest BCUT2D eigenvalue weighted by molar-refractivity contribution is -0.174. The van der Waals surface area contributed by atoms with Gasteiger partial charge in [0.25, 0.3) is 0 Å². The zero-order valence-electron chi connectivity index (χ0n) is 10.4. The smallest absolute Gasteiger partial charge is 0.460 e.